The van der Waals surface area contributed by atoms with E-state index in [1.54, 1.807) is 19.0 Å². The molecule has 0 saturated heterocycles. The normalized spacial score (nSPS) is 9.71. The molecular weight excluding hydrogens is 202 g/mol. The first kappa shape index (κ1) is 11.1. The zero-order valence-corrected chi connectivity index (χ0v) is 8.71. The van der Waals surface area contributed by atoms with Crippen molar-refractivity contribution in [1.82, 2.24) is 0 Å². The van der Waals surface area contributed by atoms with E-state index in [1.165, 1.54) is 13.2 Å². The lowest BCUT2D eigenvalue weighted by atomic mass is 9.64. The molecule has 0 amide bonds. The molecule has 1 rings (SSSR count). The summed E-state index contributed by atoms with van der Waals surface area (Å²) in [6.45, 7) is 1.03. The van der Waals surface area contributed by atoms with E-state index in [0.717, 1.165) is 0 Å². The Labute approximate surface area is 87.8 Å². The highest BCUT2D eigenvalue weighted by atomic mass is 35.5. The van der Waals surface area contributed by atoms with Crippen molar-refractivity contribution in [3.8, 4) is 0 Å². The highest BCUT2D eigenvalue weighted by Crippen LogP contribution is 2.14. The third-order valence-corrected chi connectivity index (χ3v) is 2.19. The number of hydrogen-bond acceptors (Lipinski definition) is 3. The number of methoxy groups -OCH3 is 1. The molecule has 0 aromatic heterocycles. The van der Waals surface area contributed by atoms with E-state index in [4.69, 9.17) is 11.6 Å². The van der Waals surface area contributed by atoms with Crippen LogP contribution in [0.1, 0.15) is 10.4 Å². The lowest BCUT2D eigenvalue weighted by Gasteiger charge is -2.05. The molecule has 0 aliphatic carbocycles. The van der Waals surface area contributed by atoms with E-state index in [1.807, 2.05) is 0 Å². The Bertz CT molecular complexity index is 352. The Kier molecular flexibility index (Phi) is 3.55. The van der Waals surface area contributed by atoms with Gasteiger partial charge in [-0.25, -0.2) is 4.79 Å². The average molecular weight is 212 g/mol. The molecule has 74 valence electrons. The molecule has 0 heterocycles. The number of hydrogen-bond donors (Lipinski definition) is 1. The Morgan fingerprint density at radius 1 is 1.57 bits per heavy atom. The van der Waals surface area contributed by atoms with Gasteiger partial charge in [0.25, 0.3) is 0 Å². The van der Waals surface area contributed by atoms with Gasteiger partial charge in [-0.15, -0.1) is 0 Å². The summed E-state index contributed by atoms with van der Waals surface area (Å²) in [5.41, 5.74) is 0.973. The average Bonchev–Trinajstić information content (AvgIpc) is 2.16. The second-order valence-electron chi connectivity index (χ2n) is 2.91. The number of carbonyl (C=O) groups is 1. The lowest BCUT2D eigenvalue weighted by molar-refractivity contribution is 0.0601. The summed E-state index contributed by atoms with van der Waals surface area (Å²) >= 11 is 5.84. The predicted molar refractivity (Wildman–Crippen MR) is 56.3 cm³/mol. The molecule has 0 saturated carbocycles. The molecule has 0 spiro atoms. The number of ether oxygens (including phenoxy) is 1. The van der Waals surface area contributed by atoms with Crippen molar-refractivity contribution < 1.29 is 14.6 Å². The zero-order valence-electron chi connectivity index (χ0n) is 7.95. The zero-order chi connectivity index (χ0) is 10.7. The maximum absolute atomic E-state index is 11.1. The van der Waals surface area contributed by atoms with E-state index < -0.39 is 12.9 Å². The van der Waals surface area contributed by atoms with Crippen molar-refractivity contribution in [2.45, 2.75) is 6.82 Å². The summed E-state index contributed by atoms with van der Waals surface area (Å²) in [6, 6.07) is 4.73. The van der Waals surface area contributed by atoms with Gasteiger partial charge in [-0.05, 0) is 17.6 Å². The van der Waals surface area contributed by atoms with Gasteiger partial charge in [-0.1, -0.05) is 24.5 Å². The van der Waals surface area contributed by atoms with Crippen LogP contribution in [0.4, 0.5) is 0 Å². The molecule has 0 atom stereocenters. The highest BCUT2D eigenvalue weighted by Gasteiger charge is 2.13. The van der Waals surface area contributed by atoms with Crippen LogP contribution in [0.25, 0.3) is 0 Å². The number of benzene rings is 1. The Hall–Kier alpha value is -0.995. The fourth-order valence-electron chi connectivity index (χ4n) is 1.07. The number of halogens is 1. The van der Waals surface area contributed by atoms with Crippen LogP contribution in [-0.4, -0.2) is 25.0 Å². The second-order valence-corrected chi connectivity index (χ2v) is 3.31. The van der Waals surface area contributed by atoms with Crippen LogP contribution in [0.5, 0.6) is 0 Å². The summed E-state index contributed by atoms with van der Waals surface area (Å²) in [5, 5.41) is 9.55. The quantitative estimate of drug-likeness (QED) is 0.586. The molecule has 0 bridgehead atoms. The molecule has 5 heteroatoms. The summed E-state index contributed by atoms with van der Waals surface area (Å²) in [4.78, 5) is 11.1. The fraction of sp³-hybridized carbons (Fsp3) is 0.222. The molecule has 0 aliphatic heterocycles. The smallest absolute Gasteiger partial charge is 0.339 e. The summed E-state index contributed by atoms with van der Waals surface area (Å²) in [6.07, 6.45) is 0. The SMILES string of the molecule is COC(=O)c1ccc(B(C)O)cc1Cl. The van der Waals surface area contributed by atoms with Gasteiger partial charge in [0, 0.05) is 0 Å². The van der Waals surface area contributed by atoms with Crippen molar-refractivity contribution in [3.63, 3.8) is 0 Å². The monoisotopic (exact) mass is 212 g/mol. The minimum Gasteiger partial charge on any atom is -0.465 e. The van der Waals surface area contributed by atoms with E-state index in [2.05, 4.69) is 4.74 Å². The largest absolute Gasteiger partial charge is 0.465 e. The molecule has 1 N–H and O–H groups in total. The summed E-state index contributed by atoms with van der Waals surface area (Å²) in [5.74, 6) is -0.479. The third kappa shape index (κ3) is 2.27. The van der Waals surface area contributed by atoms with Crippen molar-refractivity contribution in [3.05, 3.63) is 28.8 Å². The topological polar surface area (TPSA) is 46.5 Å². The first-order valence-electron chi connectivity index (χ1n) is 4.12. The Morgan fingerprint density at radius 2 is 2.21 bits per heavy atom. The molecular formula is C9H10BClO3. The van der Waals surface area contributed by atoms with Gasteiger partial charge >= 0.3 is 12.9 Å². The Balaban J connectivity index is 3.07. The molecule has 1 aromatic rings. The van der Waals surface area contributed by atoms with Gasteiger partial charge in [0.1, 0.15) is 0 Å². The fourth-order valence-corrected chi connectivity index (χ4v) is 1.33. The number of carbonyl (C=O) groups excluding carboxylic acids is 1. The van der Waals surface area contributed by atoms with Crippen LogP contribution in [0.2, 0.25) is 11.8 Å². The van der Waals surface area contributed by atoms with Crippen LogP contribution in [0, 0.1) is 0 Å². The van der Waals surface area contributed by atoms with Crippen molar-refractivity contribution in [1.29, 1.82) is 0 Å². The maximum atomic E-state index is 11.1. The van der Waals surface area contributed by atoms with E-state index in [0.29, 0.717) is 11.0 Å². The first-order valence-corrected chi connectivity index (χ1v) is 4.50. The van der Waals surface area contributed by atoms with Gasteiger partial charge in [0.05, 0.1) is 17.7 Å². The van der Waals surface area contributed by atoms with Gasteiger partial charge in [0.2, 0.25) is 0 Å². The van der Waals surface area contributed by atoms with E-state index in [9.17, 15) is 9.82 Å². The van der Waals surface area contributed by atoms with E-state index >= 15 is 0 Å². The van der Waals surface area contributed by atoms with Gasteiger partial charge in [-0.3, -0.25) is 0 Å². The molecule has 3 nitrogen and oxygen atoms in total. The van der Waals surface area contributed by atoms with E-state index in [-0.39, 0.29) is 5.02 Å². The van der Waals surface area contributed by atoms with Crippen LogP contribution in [0.3, 0.4) is 0 Å². The predicted octanol–water partition coefficient (Wildman–Crippen LogP) is 0.947. The molecule has 0 fully saturated rings. The Morgan fingerprint density at radius 3 is 2.64 bits per heavy atom. The number of rotatable bonds is 2. The van der Waals surface area contributed by atoms with Gasteiger partial charge in [-0.2, -0.15) is 0 Å². The molecule has 0 aliphatic rings. The lowest BCUT2D eigenvalue weighted by Crippen LogP contribution is -2.26. The third-order valence-electron chi connectivity index (χ3n) is 1.88. The standard InChI is InChI=1S/C9H10BClO3/c1-10(13)6-3-4-7(8(11)5-6)9(12)14-2/h3-5,13H,1-2H3. The second kappa shape index (κ2) is 4.48. The van der Waals surface area contributed by atoms with Crippen LogP contribution in [-0.2, 0) is 4.74 Å². The summed E-state index contributed by atoms with van der Waals surface area (Å²) in [7, 11) is 1.29. The minimum atomic E-state index is -0.598. The van der Waals surface area contributed by atoms with Crippen LogP contribution < -0.4 is 5.46 Å². The highest BCUT2D eigenvalue weighted by molar-refractivity contribution is 6.65. The molecule has 0 unspecified atom stereocenters. The minimum absolute atomic E-state index is 0.287. The molecule has 0 radical (unpaired) electrons. The van der Waals surface area contributed by atoms with Crippen LogP contribution >= 0.6 is 11.6 Å². The van der Waals surface area contributed by atoms with Crippen molar-refractivity contribution in [2.75, 3.05) is 7.11 Å². The molecule has 14 heavy (non-hydrogen) atoms. The number of esters is 1. The molecule has 1 aromatic carbocycles. The van der Waals surface area contributed by atoms with Crippen LogP contribution in [0.15, 0.2) is 18.2 Å². The maximum Gasteiger partial charge on any atom is 0.339 e. The van der Waals surface area contributed by atoms with Gasteiger partial charge in [0.15, 0.2) is 0 Å². The van der Waals surface area contributed by atoms with Crippen molar-refractivity contribution >= 4 is 29.9 Å². The van der Waals surface area contributed by atoms with Crippen molar-refractivity contribution in [2.24, 2.45) is 0 Å². The summed E-state index contributed by atoms with van der Waals surface area (Å²) < 4.78 is 4.53. The first-order chi connectivity index (χ1) is 6.56. The van der Waals surface area contributed by atoms with Gasteiger partial charge < -0.3 is 9.76 Å².